The van der Waals surface area contributed by atoms with Crippen molar-refractivity contribution < 1.29 is 4.74 Å². The maximum Gasteiger partial charge on any atom is 0.168 e. The highest BCUT2D eigenvalue weighted by Crippen LogP contribution is 2.16. The Labute approximate surface area is 119 Å². The van der Waals surface area contributed by atoms with E-state index in [2.05, 4.69) is 38.0 Å². The second-order valence-corrected chi connectivity index (χ2v) is 4.95. The van der Waals surface area contributed by atoms with Gasteiger partial charge in [-0.15, -0.1) is 0 Å². The van der Waals surface area contributed by atoms with Crippen LogP contribution in [0.15, 0.2) is 30.3 Å². The number of nitrogens with zero attached hydrogens (tertiary/aromatic N) is 2. The first-order chi connectivity index (χ1) is 8.67. The van der Waals surface area contributed by atoms with Crippen molar-refractivity contribution >= 4 is 28.4 Å². The molecule has 94 valence electrons. The van der Waals surface area contributed by atoms with Crippen LogP contribution in [-0.4, -0.2) is 9.97 Å². The molecule has 18 heavy (non-hydrogen) atoms. The Morgan fingerprint density at radius 1 is 1.33 bits per heavy atom. The normalized spacial score (nSPS) is 10.2. The van der Waals surface area contributed by atoms with Gasteiger partial charge < -0.3 is 10.2 Å². The largest absolute Gasteiger partial charge is 0.486 e. The number of rotatable bonds is 4. The van der Waals surface area contributed by atoms with E-state index in [4.69, 9.17) is 10.6 Å². The number of aryl methyl sites for hydroxylation is 1. The van der Waals surface area contributed by atoms with E-state index < -0.39 is 0 Å². The molecule has 0 atom stereocenters. The Kier molecular flexibility index (Phi) is 4.32. The molecule has 0 saturated carbocycles. The number of nitrogen functional groups attached to an aromatic ring is 1. The molecule has 1 heterocycles. The first kappa shape index (κ1) is 13.0. The average molecular weight is 356 g/mol. The smallest absolute Gasteiger partial charge is 0.168 e. The van der Waals surface area contributed by atoms with Gasteiger partial charge >= 0.3 is 0 Å². The van der Waals surface area contributed by atoms with Gasteiger partial charge in [0.25, 0.3) is 0 Å². The Bertz CT molecular complexity index is 547. The number of ether oxygens (including phenoxy) is 1. The highest BCUT2D eigenvalue weighted by molar-refractivity contribution is 14.1. The molecule has 2 aromatic rings. The Hall–Kier alpha value is -1.41. The molecule has 0 aliphatic rings. The van der Waals surface area contributed by atoms with E-state index in [1.807, 2.05) is 31.2 Å². The molecule has 1 aromatic heterocycles. The van der Waals surface area contributed by atoms with Gasteiger partial charge in [-0.25, -0.2) is 15.8 Å². The lowest BCUT2D eigenvalue weighted by Gasteiger charge is -2.07. The van der Waals surface area contributed by atoms with Crippen molar-refractivity contribution in [2.24, 2.45) is 5.84 Å². The number of hydrogen-bond acceptors (Lipinski definition) is 5. The zero-order valence-corrected chi connectivity index (χ0v) is 12.0. The summed E-state index contributed by atoms with van der Waals surface area (Å²) in [5.74, 6) is 7.32. The van der Waals surface area contributed by atoms with Crippen molar-refractivity contribution in [1.82, 2.24) is 9.97 Å². The summed E-state index contributed by atoms with van der Waals surface area (Å²) in [5, 5.41) is 0. The fourth-order valence-corrected chi connectivity index (χ4v) is 1.99. The second kappa shape index (κ2) is 5.96. The Morgan fingerprint density at radius 2 is 2.17 bits per heavy atom. The van der Waals surface area contributed by atoms with Crippen LogP contribution in [0.25, 0.3) is 0 Å². The lowest BCUT2D eigenvalue weighted by Crippen LogP contribution is -2.12. The van der Waals surface area contributed by atoms with Gasteiger partial charge in [-0.3, -0.25) is 0 Å². The molecule has 0 saturated heterocycles. The molecule has 0 fully saturated rings. The first-order valence-electron chi connectivity index (χ1n) is 5.37. The summed E-state index contributed by atoms with van der Waals surface area (Å²) in [4.78, 5) is 8.50. The molecular weight excluding hydrogens is 343 g/mol. The highest BCUT2D eigenvalue weighted by atomic mass is 127. The maximum absolute atomic E-state index is 5.63. The number of hydrogen-bond donors (Lipinski definition) is 2. The molecule has 6 heteroatoms. The zero-order chi connectivity index (χ0) is 13.0. The van der Waals surface area contributed by atoms with Gasteiger partial charge in [0, 0.05) is 15.3 Å². The summed E-state index contributed by atoms with van der Waals surface area (Å²) in [6, 6.07) is 9.58. The van der Waals surface area contributed by atoms with Gasteiger partial charge in [0.15, 0.2) is 5.82 Å². The predicted octanol–water partition coefficient (Wildman–Crippen LogP) is 2.25. The molecule has 0 aliphatic carbocycles. The number of benzene rings is 1. The molecule has 0 radical (unpaired) electrons. The van der Waals surface area contributed by atoms with E-state index >= 15 is 0 Å². The number of aromatic nitrogens is 2. The average Bonchev–Trinajstić information content (AvgIpc) is 2.36. The van der Waals surface area contributed by atoms with Crippen molar-refractivity contribution in [2.75, 3.05) is 5.43 Å². The molecule has 2 rings (SSSR count). The SMILES string of the molecule is Cc1cc(NN)nc(COc2cccc(I)c2)n1. The summed E-state index contributed by atoms with van der Waals surface area (Å²) >= 11 is 2.24. The third-order valence-corrected chi connectivity index (χ3v) is 2.88. The standard InChI is InChI=1S/C12H13IN4O/c1-8-5-11(17-14)16-12(15-8)7-18-10-4-2-3-9(13)6-10/h2-6H,7,14H2,1H3,(H,15,16,17). The molecule has 0 spiro atoms. The Balaban J connectivity index is 2.08. The summed E-state index contributed by atoms with van der Waals surface area (Å²) in [6.07, 6.45) is 0. The van der Waals surface area contributed by atoms with E-state index in [-0.39, 0.29) is 0 Å². The van der Waals surface area contributed by atoms with Crippen LogP contribution in [0.1, 0.15) is 11.5 Å². The van der Waals surface area contributed by atoms with Crippen LogP contribution in [0, 0.1) is 10.5 Å². The summed E-state index contributed by atoms with van der Waals surface area (Å²) in [7, 11) is 0. The van der Waals surface area contributed by atoms with Gasteiger partial charge in [-0.2, -0.15) is 0 Å². The molecule has 0 amide bonds. The summed E-state index contributed by atoms with van der Waals surface area (Å²) in [6.45, 7) is 2.20. The van der Waals surface area contributed by atoms with Gasteiger partial charge in [0.2, 0.25) is 0 Å². The summed E-state index contributed by atoms with van der Waals surface area (Å²) in [5.41, 5.74) is 3.35. The van der Waals surface area contributed by atoms with Crippen molar-refractivity contribution in [2.45, 2.75) is 13.5 Å². The molecule has 5 nitrogen and oxygen atoms in total. The van der Waals surface area contributed by atoms with Gasteiger partial charge in [0.05, 0.1) is 0 Å². The number of anilines is 1. The summed E-state index contributed by atoms with van der Waals surface area (Å²) < 4.78 is 6.75. The molecule has 0 aliphatic heterocycles. The van der Waals surface area contributed by atoms with E-state index in [0.717, 1.165) is 15.0 Å². The minimum Gasteiger partial charge on any atom is -0.486 e. The van der Waals surface area contributed by atoms with Crippen molar-refractivity contribution in [1.29, 1.82) is 0 Å². The lowest BCUT2D eigenvalue weighted by atomic mass is 10.3. The maximum atomic E-state index is 5.63. The predicted molar refractivity (Wildman–Crippen MR) is 78.1 cm³/mol. The van der Waals surface area contributed by atoms with Crippen LogP contribution in [0.4, 0.5) is 5.82 Å². The van der Waals surface area contributed by atoms with E-state index in [9.17, 15) is 0 Å². The van der Waals surface area contributed by atoms with Crippen LogP contribution in [0.2, 0.25) is 0 Å². The van der Waals surface area contributed by atoms with Crippen molar-refractivity contribution in [3.05, 3.63) is 45.4 Å². The third kappa shape index (κ3) is 3.54. The van der Waals surface area contributed by atoms with E-state index in [1.165, 1.54) is 0 Å². The minimum absolute atomic E-state index is 0.316. The fraction of sp³-hybridized carbons (Fsp3) is 0.167. The third-order valence-electron chi connectivity index (χ3n) is 2.21. The number of nitrogens with two attached hydrogens (primary N) is 1. The van der Waals surface area contributed by atoms with Gasteiger partial charge in [0.1, 0.15) is 18.2 Å². The van der Waals surface area contributed by atoms with Crippen molar-refractivity contribution in [3.8, 4) is 5.75 Å². The number of halogens is 1. The zero-order valence-electron chi connectivity index (χ0n) is 9.85. The van der Waals surface area contributed by atoms with E-state index in [0.29, 0.717) is 18.2 Å². The topological polar surface area (TPSA) is 73.1 Å². The van der Waals surface area contributed by atoms with Crippen molar-refractivity contribution in [3.63, 3.8) is 0 Å². The van der Waals surface area contributed by atoms with Gasteiger partial charge in [-0.05, 0) is 47.7 Å². The number of hydrazine groups is 1. The molecule has 1 aromatic carbocycles. The molecular formula is C12H13IN4O. The molecule has 0 unspecified atom stereocenters. The minimum atomic E-state index is 0.316. The van der Waals surface area contributed by atoms with Crippen LogP contribution in [0.3, 0.4) is 0 Å². The first-order valence-corrected chi connectivity index (χ1v) is 6.45. The quantitative estimate of drug-likeness (QED) is 0.500. The van der Waals surface area contributed by atoms with Crippen LogP contribution >= 0.6 is 22.6 Å². The van der Waals surface area contributed by atoms with Crippen LogP contribution in [0.5, 0.6) is 5.75 Å². The number of nitrogens with one attached hydrogen (secondary N) is 1. The van der Waals surface area contributed by atoms with Crippen LogP contribution < -0.4 is 16.0 Å². The van der Waals surface area contributed by atoms with E-state index in [1.54, 1.807) is 6.07 Å². The van der Waals surface area contributed by atoms with Gasteiger partial charge in [-0.1, -0.05) is 6.07 Å². The van der Waals surface area contributed by atoms with Crippen LogP contribution in [-0.2, 0) is 6.61 Å². The Morgan fingerprint density at radius 3 is 2.89 bits per heavy atom. The highest BCUT2D eigenvalue weighted by Gasteiger charge is 2.03. The molecule has 0 bridgehead atoms. The monoisotopic (exact) mass is 356 g/mol. The molecule has 3 N–H and O–H groups in total. The second-order valence-electron chi connectivity index (χ2n) is 3.70. The fourth-order valence-electron chi connectivity index (χ4n) is 1.47. The lowest BCUT2D eigenvalue weighted by molar-refractivity contribution is 0.295.